The zero-order valence-corrected chi connectivity index (χ0v) is 13.7. The first-order valence-electron chi connectivity index (χ1n) is 7.96. The van der Waals surface area contributed by atoms with E-state index in [0.717, 1.165) is 41.5 Å². The van der Waals surface area contributed by atoms with Crippen molar-refractivity contribution in [1.82, 2.24) is 0 Å². The number of aryl methyl sites for hydroxylation is 2. The molecule has 0 atom stereocenters. The number of hydrogen-bond donors (Lipinski definition) is 0. The van der Waals surface area contributed by atoms with Crippen LogP contribution in [0.2, 0.25) is 0 Å². The van der Waals surface area contributed by atoms with E-state index in [1.54, 1.807) is 0 Å². The summed E-state index contributed by atoms with van der Waals surface area (Å²) < 4.78 is 0. The second-order valence-electron chi connectivity index (χ2n) is 5.69. The highest BCUT2D eigenvalue weighted by atomic mass is 14.1. The Hall–Kier alpha value is -2.60. The van der Waals surface area contributed by atoms with Crippen LogP contribution in [0.25, 0.3) is 24.3 Å². The van der Waals surface area contributed by atoms with Gasteiger partial charge in [-0.2, -0.15) is 0 Å². The number of hydrogen-bond acceptors (Lipinski definition) is 0. The van der Waals surface area contributed by atoms with E-state index in [0.29, 0.717) is 0 Å². The molecular formula is C23H24. The van der Waals surface area contributed by atoms with E-state index < -0.39 is 0 Å². The second-order valence-corrected chi connectivity index (χ2v) is 5.69. The van der Waals surface area contributed by atoms with Crippen LogP contribution in [-0.4, -0.2) is 0 Å². The lowest BCUT2D eigenvalue weighted by atomic mass is 9.98. The van der Waals surface area contributed by atoms with Crippen molar-refractivity contribution in [2.45, 2.75) is 19.3 Å². The molecule has 0 bridgehead atoms. The Bertz CT molecular complexity index is 616. The first-order chi connectivity index (χ1) is 11.2. The molecule has 0 heteroatoms. The lowest BCUT2D eigenvalue weighted by Crippen LogP contribution is -1.93. The van der Waals surface area contributed by atoms with E-state index in [4.69, 9.17) is 0 Å². The van der Waals surface area contributed by atoms with Crippen molar-refractivity contribution in [2.75, 3.05) is 0 Å². The Morgan fingerprint density at radius 2 is 0.826 bits per heavy atom. The van der Waals surface area contributed by atoms with Crippen molar-refractivity contribution in [3.8, 4) is 0 Å². The molecule has 2 aromatic rings. The third-order valence-corrected chi connectivity index (χ3v) is 3.95. The van der Waals surface area contributed by atoms with Crippen LogP contribution < -0.4 is 0 Å². The summed E-state index contributed by atoms with van der Waals surface area (Å²) >= 11 is 0. The lowest BCUT2D eigenvalue weighted by Gasteiger charge is -2.08. The Balaban J connectivity index is 2.07. The summed E-state index contributed by atoms with van der Waals surface area (Å²) in [6.07, 6.45) is 10.8. The zero-order valence-electron chi connectivity index (χ0n) is 13.7. The molecular weight excluding hydrogens is 276 g/mol. The molecule has 0 heterocycles. The molecule has 0 radical (unpaired) electrons. The highest BCUT2D eigenvalue weighted by Crippen LogP contribution is 2.18. The molecule has 2 aromatic carbocycles. The van der Waals surface area contributed by atoms with Gasteiger partial charge in [-0.05, 0) is 64.8 Å². The smallest absolute Gasteiger partial charge is 0.0254 e. The minimum absolute atomic E-state index is 1.05. The van der Waals surface area contributed by atoms with Gasteiger partial charge in [0.1, 0.15) is 0 Å². The molecule has 0 aliphatic heterocycles. The van der Waals surface area contributed by atoms with Crippen LogP contribution in [0.15, 0.2) is 62.7 Å². The molecule has 0 nitrogen and oxygen atoms in total. The van der Waals surface area contributed by atoms with Crippen LogP contribution >= 0.6 is 0 Å². The van der Waals surface area contributed by atoms with E-state index in [-0.39, 0.29) is 0 Å². The fraction of sp³-hybridized carbons (Fsp3) is 0.130. The van der Waals surface area contributed by atoms with Gasteiger partial charge in [0.2, 0.25) is 0 Å². The van der Waals surface area contributed by atoms with Gasteiger partial charge >= 0.3 is 0 Å². The van der Waals surface area contributed by atoms with Crippen molar-refractivity contribution in [1.29, 1.82) is 0 Å². The first kappa shape index (κ1) is 16.8. The van der Waals surface area contributed by atoms with Crippen molar-refractivity contribution >= 4 is 24.3 Å². The molecule has 2 rings (SSSR count). The number of benzene rings is 2. The molecule has 0 aliphatic carbocycles. The predicted octanol–water partition coefficient (Wildman–Crippen LogP) is 6.43. The van der Waals surface area contributed by atoms with Crippen molar-refractivity contribution in [3.63, 3.8) is 0 Å². The van der Waals surface area contributed by atoms with Gasteiger partial charge in [0.25, 0.3) is 0 Å². The quantitative estimate of drug-likeness (QED) is 0.526. The van der Waals surface area contributed by atoms with Crippen molar-refractivity contribution in [3.05, 3.63) is 96.1 Å². The Labute approximate surface area is 140 Å². The summed E-state index contributed by atoms with van der Waals surface area (Å²) in [5.74, 6) is 0. The second kappa shape index (κ2) is 8.14. The Morgan fingerprint density at radius 3 is 1.09 bits per heavy atom. The summed E-state index contributed by atoms with van der Waals surface area (Å²) in [7, 11) is 0. The van der Waals surface area contributed by atoms with Crippen LogP contribution in [-0.2, 0) is 12.8 Å². The molecule has 0 aromatic heterocycles. The Kier molecular flexibility index (Phi) is 5.94. The molecule has 0 spiro atoms. The topological polar surface area (TPSA) is 0 Å². The van der Waals surface area contributed by atoms with Crippen LogP contribution in [0.3, 0.4) is 0 Å². The van der Waals surface area contributed by atoms with E-state index >= 15 is 0 Å². The normalized spacial score (nSPS) is 10.1. The molecule has 0 fully saturated rings. The summed E-state index contributed by atoms with van der Waals surface area (Å²) in [4.78, 5) is 0. The SMILES string of the molecule is C=Cc1cc(C=C)cc(CCCc2cc(C=C)cc(C=C)c2)c1. The Morgan fingerprint density at radius 1 is 0.522 bits per heavy atom. The predicted molar refractivity (Wildman–Crippen MR) is 105 cm³/mol. The summed E-state index contributed by atoms with van der Waals surface area (Å²) in [6.45, 7) is 15.4. The highest BCUT2D eigenvalue weighted by molar-refractivity contribution is 5.58. The molecule has 0 saturated heterocycles. The van der Waals surface area contributed by atoms with E-state index in [9.17, 15) is 0 Å². The minimum atomic E-state index is 1.05. The maximum absolute atomic E-state index is 3.86. The van der Waals surface area contributed by atoms with Crippen LogP contribution in [0.5, 0.6) is 0 Å². The van der Waals surface area contributed by atoms with E-state index in [1.807, 2.05) is 24.3 Å². The van der Waals surface area contributed by atoms with Crippen LogP contribution in [0, 0.1) is 0 Å². The van der Waals surface area contributed by atoms with Crippen molar-refractivity contribution < 1.29 is 0 Å². The van der Waals surface area contributed by atoms with Crippen LogP contribution in [0.1, 0.15) is 39.8 Å². The standard InChI is InChI=1S/C23H24/c1-5-18-12-19(6-2)15-22(14-18)10-9-11-23-16-20(7-3)13-21(8-4)17-23/h5-8,12-17H,1-4,9-11H2. The number of rotatable bonds is 8. The van der Waals surface area contributed by atoms with Gasteiger partial charge in [-0.3, -0.25) is 0 Å². The molecule has 0 N–H and O–H groups in total. The van der Waals surface area contributed by atoms with E-state index in [2.05, 4.69) is 62.7 Å². The fourth-order valence-electron chi connectivity index (χ4n) is 2.75. The largest absolute Gasteiger partial charge is 0.0985 e. The fourth-order valence-corrected chi connectivity index (χ4v) is 2.75. The average molecular weight is 300 g/mol. The first-order valence-corrected chi connectivity index (χ1v) is 7.96. The maximum atomic E-state index is 3.86. The molecule has 0 unspecified atom stereocenters. The van der Waals surface area contributed by atoms with Gasteiger partial charge in [-0.15, -0.1) is 0 Å². The van der Waals surface area contributed by atoms with Gasteiger partial charge in [-0.25, -0.2) is 0 Å². The molecule has 116 valence electrons. The summed E-state index contributed by atoms with van der Waals surface area (Å²) in [5, 5.41) is 0. The van der Waals surface area contributed by atoms with Gasteiger partial charge in [0.15, 0.2) is 0 Å². The summed E-state index contributed by atoms with van der Waals surface area (Å²) in [6, 6.07) is 13.0. The highest BCUT2D eigenvalue weighted by Gasteiger charge is 2.01. The average Bonchev–Trinajstić information content (AvgIpc) is 2.60. The van der Waals surface area contributed by atoms with Gasteiger partial charge < -0.3 is 0 Å². The van der Waals surface area contributed by atoms with Crippen LogP contribution in [0.4, 0.5) is 0 Å². The molecule has 0 saturated carbocycles. The molecule has 0 amide bonds. The van der Waals surface area contributed by atoms with Gasteiger partial charge in [-0.1, -0.05) is 74.9 Å². The monoisotopic (exact) mass is 300 g/mol. The maximum Gasteiger partial charge on any atom is -0.0254 e. The third-order valence-electron chi connectivity index (χ3n) is 3.95. The lowest BCUT2D eigenvalue weighted by molar-refractivity contribution is 0.820. The molecule has 0 aliphatic rings. The van der Waals surface area contributed by atoms with E-state index in [1.165, 1.54) is 11.1 Å². The van der Waals surface area contributed by atoms with Gasteiger partial charge in [0, 0.05) is 0 Å². The van der Waals surface area contributed by atoms with Crippen molar-refractivity contribution in [2.24, 2.45) is 0 Å². The van der Waals surface area contributed by atoms with Gasteiger partial charge in [0.05, 0.1) is 0 Å². The minimum Gasteiger partial charge on any atom is -0.0985 e. The summed E-state index contributed by atoms with van der Waals surface area (Å²) in [5.41, 5.74) is 7.28. The zero-order chi connectivity index (χ0) is 16.7. The molecule has 23 heavy (non-hydrogen) atoms. The third kappa shape index (κ3) is 4.69.